The Kier molecular flexibility index (Phi) is 3.62. The van der Waals surface area contributed by atoms with Gasteiger partial charge in [0.15, 0.2) is 23.0 Å². The number of benzene rings is 2. The molecule has 3 heterocycles. The summed E-state index contributed by atoms with van der Waals surface area (Å²) >= 11 is 0. The molecular weight excluding hydrogens is 342 g/mol. The van der Waals surface area contributed by atoms with Crippen molar-refractivity contribution in [3.05, 3.63) is 46.5 Å². The van der Waals surface area contributed by atoms with Gasteiger partial charge in [-0.2, -0.15) is 0 Å². The molecule has 0 aliphatic carbocycles. The van der Waals surface area contributed by atoms with E-state index in [4.69, 9.17) is 20.3 Å². The molecule has 5 rings (SSSR count). The summed E-state index contributed by atoms with van der Waals surface area (Å²) in [5.41, 5.74) is 5.28. The lowest BCUT2D eigenvalue weighted by Gasteiger charge is -2.37. The second-order valence-electron chi connectivity index (χ2n) is 6.91. The number of hydrogen-bond acceptors (Lipinski definition) is 5. The number of methoxy groups -OCH3 is 1. The molecule has 0 saturated carbocycles. The highest BCUT2D eigenvalue weighted by atomic mass is 16.7. The third kappa shape index (κ3) is 2.60. The van der Waals surface area contributed by atoms with Gasteiger partial charge in [0.1, 0.15) is 0 Å². The van der Waals surface area contributed by atoms with Crippen molar-refractivity contribution < 1.29 is 20.3 Å². The number of nitrogens with zero attached hydrogens (tertiary/aromatic N) is 1. The third-order valence-corrected chi connectivity index (χ3v) is 5.25. The van der Waals surface area contributed by atoms with Crippen LogP contribution >= 0.6 is 0 Å². The van der Waals surface area contributed by atoms with Gasteiger partial charge in [-0.25, -0.2) is 0 Å². The van der Waals surface area contributed by atoms with Crippen molar-refractivity contribution in [2.24, 2.45) is 0 Å². The predicted octanol–water partition coefficient (Wildman–Crippen LogP) is 4.08. The summed E-state index contributed by atoms with van der Waals surface area (Å²) in [5.74, 6) is 2.96. The van der Waals surface area contributed by atoms with Crippen LogP contribution in [0, 0.1) is 0 Å². The minimum absolute atomic E-state index is 0.267. The average Bonchev–Trinajstić information content (AvgIpc) is 3.17. The molecule has 3 aliphatic heterocycles. The second-order valence-corrected chi connectivity index (χ2v) is 6.91. The van der Waals surface area contributed by atoms with E-state index in [1.165, 1.54) is 5.56 Å². The summed E-state index contributed by atoms with van der Waals surface area (Å²) in [7, 11) is 1.64. The minimum atomic E-state index is -0.546. The molecule has 1 atom stereocenters. The quantitative estimate of drug-likeness (QED) is 0.815. The molecule has 2 aromatic rings. The number of rotatable bonds is 4. The Balaban J connectivity index is 1.65. The molecular formula is C22H23NO4. The van der Waals surface area contributed by atoms with Gasteiger partial charge in [0.25, 0.3) is 0 Å². The summed E-state index contributed by atoms with van der Waals surface area (Å²) in [6.45, 7) is 3.17. The van der Waals surface area contributed by atoms with E-state index in [0.717, 1.165) is 53.3 Å². The van der Waals surface area contributed by atoms with Gasteiger partial charge >= 0.3 is 0 Å². The van der Waals surface area contributed by atoms with E-state index in [0.29, 0.717) is 18.1 Å². The molecule has 0 radical (unpaired) electrons. The molecule has 27 heavy (non-hydrogen) atoms. The fraction of sp³-hybridized carbons (Fsp3) is 0.364. The lowest BCUT2D eigenvalue weighted by atomic mass is 9.90. The zero-order chi connectivity index (χ0) is 19.3. The van der Waals surface area contributed by atoms with E-state index in [9.17, 15) is 0 Å². The van der Waals surface area contributed by atoms with Crippen molar-refractivity contribution in [2.75, 3.05) is 27.1 Å². The molecule has 0 aromatic heterocycles. The van der Waals surface area contributed by atoms with E-state index in [1.807, 2.05) is 18.2 Å². The topological polar surface area (TPSA) is 40.2 Å². The fourth-order valence-electron chi connectivity index (χ4n) is 3.91. The summed E-state index contributed by atoms with van der Waals surface area (Å²) in [5, 5.41) is 0. The average molecular weight is 366 g/mol. The van der Waals surface area contributed by atoms with Crippen molar-refractivity contribution >= 4 is 11.8 Å². The van der Waals surface area contributed by atoms with Crippen molar-refractivity contribution in [2.45, 2.75) is 26.3 Å². The van der Waals surface area contributed by atoms with Crippen LogP contribution in [-0.4, -0.2) is 32.0 Å². The van der Waals surface area contributed by atoms with Gasteiger partial charge in [0.2, 0.25) is 6.79 Å². The van der Waals surface area contributed by atoms with Gasteiger partial charge in [-0.3, -0.25) is 0 Å². The fourth-order valence-corrected chi connectivity index (χ4v) is 3.91. The number of fused-ring (bicyclic) bond motifs is 5. The lowest BCUT2D eigenvalue weighted by Crippen LogP contribution is -2.31. The van der Waals surface area contributed by atoms with Crippen LogP contribution in [0.2, 0.25) is 0 Å². The number of ether oxygens (including phenoxy) is 4. The lowest BCUT2D eigenvalue weighted by molar-refractivity contribution is 0.174. The maximum atomic E-state index is 9.01. The highest BCUT2D eigenvalue weighted by Gasteiger charge is 2.30. The smallest absolute Gasteiger partial charge is 0.231 e. The normalized spacial score (nSPS) is 19.5. The Labute approximate surface area is 160 Å². The van der Waals surface area contributed by atoms with Crippen molar-refractivity contribution in [3.63, 3.8) is 0 Å². The molecule has 0 unspecified atom stereocenters. The Hall–Kier alpha value is -2.82. The molecule has 5 heteroatoms. The summed E-state index contributed by atoms with van der Waals surface area (Å²) in [6, 6.07) is 8.06. The first-order chi connectivity index (χ1) is 13.7. The molecule has 0 N–H and O–H groups in total. The molecule has 5 nitrogen and oxygen atoms in total. The van der Waals surface area contributed by atoms with Gasteiger partial charge in [0, 0.05) is 29.9 Å². The van der Waals surface area contributed by atoms with Crippen molar-refractivity contribution in [1.82, 2.24) is 4.90 Å². The van der Waals surface area contributed by atoms with E-state index < -0.39 is 6.52 Å². The van der Waals surface area contributed by atoms with Gasteiger partial charge in [-0.05, 0) is 48.2 Å². The first-order valence-corrected chi connectivity index (χ1v) is 9.38. The second kappa shape index (κ2) is 6.41. The van der Waals surface area contributed by atoms with E-state index >= 15 is 0 Å². The molecule has 3 aliphatic rings. The van der Waals surface area contributed by atoms with Crippen LogP contribution in [0.25, 0.3) is 11.8 Å². The maximum absolute atomic E-state index is 9.01. The van der Waals surface area contributed by atoms with Crippen LogP contribution in [0.1, 0.15) is 37.0 Å². The van der Waals surface area contributed by atoms with Crippen LogP contribution in [-0.2, 0) is 12.9 Å². The Morgan fingerprint density at radius 1 is 1.22 bits per heavy atom. The Morgan fingerprint density at radius 3 is 2.89 bits per heavy atom. The number of hydrogen-bond donors (Lipinski definition) is 0. The summed E-state index contributed by atoms with van der Waals surface area (Å²) in [4.78, 5) is 2.13. The van der Waals surface area contributed by atoms with E-state index in [2.05, 4.69) is 24.0 Å². The molecule has 0 fully saturated rings. The zero-order valence-electron chi connectivity index (χ0n) is 16.6. The molecule has 2 aromatic carbocycles. The van der Waals surface area contributed by atoms with E-state index in [1.54, 1.807) is 7.11 Å². The Bertz CT molecular complexity index is 971. The molecule has 140 valence electrons. The first-order valence-electron chi connectivity index (χ1n) is 9.96. The molecule has 0 amide bonds. The molecule has 0 spiro atoms. The predicted molar refractivity (Wildman–Crippen MR) is 103 cm³/mol. The largest absolute Gasteiger partial charge is 0.493 e. The first kappa shape index (κ1) is 15.3. The van der Waals surface area contributed by atoms with E-state index in [-0.39, 0.29) is 6.79 Å². The van der Waals surface area contributed by atoms with Gasteiger partial charge in [0.05, 0.1) is 15.1 Å². The SMILES string of the molecule is [2H][C@H]1c2c(ccc(OC)c2OCCC)C=C2c3cc4c(cc3CCN21)OCO4. The van der Waals surface area contributed by atoms with Crippen molar-refractivity contribution in [1.29, 1.82) is 0 Å². The third-order valence-electron chi connectivity index (χ3n) is 5.25. The summed E-state index contributed by atoms with van der Waals surface area (Å²) in [6.07, 6.45) is 3.92. The monoisotopic (exact) mass is 366 g/mol. The maximum Gasteiger partial charge on any atom is 0.231 e. The summed E-state index contributed by atoms with van der Waals surface area (Å²) < 4.78 is 31.7. The van der Waals surface area contributed by atoms with Crippen LogP contribution < -0.4 is 18.9 Å². The van der Waals surface area contributed by atoms with Crippen LogP contribution in [0.4, 0.5) is 0 Å². The van der Waals surface area contributed by atoms with Gasteiger partial charge < -0.3 is 23.8 Å². The molecule has 0 bridgehead atoms. The zero-order valence-corrected chi connectivity index (χ0v) is 15.6. The highest BCUT2D eigenvalue weighted by molar-refractivity contribution is 5.87. The van der Waals surface area contributed by atoms with Gasteiger partial charge in [-0.1, -0.05) is 13.0 Å². The van der Waals surface area contributed by atoms with Gasteiger partial charge in [-0.15, -0.1) is 0 Å². The standard InChI is InChI=1S/C22H23NO4/c1-3-8-25-22-17-12-23-7-6-15-10-20-21(27-13-26-20)11-16(15)18(23)9-14(17)4-5-19(22)24-2/h4-5,9-11H,3,6-8,12-13H2,1-2H3/i12D/t12-/m0/s1. The Morgan fingerprint density at radius 2 is 2.07 bits per heavy atom. The highest BCUT2D eigenvalue weighted by Crippen LogP contribution is 2.45. The van der Waals surface area contributed by atoms with Crippen molar-refractivity contribution in [3.8, 4) is 23.0 Å². The molecule has 0 saturated heterocycles. The minimum Gasteiger partial charge on any atom is -0.493 e. The van der Waals surface area contributed by atoms with Crippen LogP contribution in [0.5, 0.6) is 23.0 Å². The van der Waals surface area contributed by atoms with Crippen LogP contribution in [0.3, 0.4) is 0 Å². The van der Waals surface area contributed by atoms with Crippen LogP contribution in [0.15, 0.2) is 24.3 Å².